The maximum absolute atomic E-state index is 5.27. The van der Waals surface area contributed by atoms with E-state index in [0.29, 0.717) is 17.6 Å². The molecule has 0 aliphatic rings. The maximum Gasteiger partial charge on any atom is 0.238 e. The largest absolute Gasteiger partial charge is 0.278 e. The lowest BCUT2D eigenvalue weighted by Gasteiger charge is -2.12. The van der Waals surface area contributed by atoms with Gasteiger partial charge in [-0.2, -0.15) is 9.97 Å². The Hall–Kier alpha value is -6.91. The van der Waals surface area contributed by atoms with Crippen molar-refractivity contribution in [3.05, 3.63) is 182 Å². The number of nitrogens with zero attached hydrogens (tertiary/aromatic N) is 4. The van der Waals surface area contributed by atoms with Gasteiger partial charge in [-0.1, -0.05) is 158 Å². The second-order valence-electron chi connectivity index (χ2n) is 12.9. The monoisotopic (exact) mass is 650 g/mol. The first-order valence-corrected chi connectivity index (χ1v) is 17.2. The summed E-state index contributed by atoms with van der Waals surface area (Å²) in [5.41, 5.74) is 8.54. The van der Waals surface area contributed by atoms with Crippen molar-refractivity contribution < 1.29 is 0 Å². The molecule has 0 amide bonds. The third-order valence-corrected chi connectivity index (χ3v) is 9.82. The minimum Gasteiger partial charge on any atom is -0.278 e. The molecule has 0 aliphatic heterocycles. The van der Waals surface area contributed by atoms with Crippen molar-refractivity contribution in [2.75, 3.05) is 0 Å². The van der Waals surface area contributed by atoms with Crippen molar-refractivity contribution in [1.82, 2.24) is 19.5 Å². The molecule has 238 valence electrons. The summed E-state index contributed by atoms with van der Waals surface area (Å²) in [4.78, 5) is 15.7. The maximum atomic E-state index is 5.27. The predicted molar refractivity (Wildman–Crippen MR) is 211 cm³/mol. The van der Waals surface area contributed by atoms with Crippen LogP contribution in [0.15, 0.2) is 182 Å². The Bertz CT molecular complexity index is 2890. The third-order valence-electron chi connectivity index (χ3n) is 9.82. The molecule has 4 heteroatoms. The van der Waals surface area contributed by atoms with Crippen LogP contribution in [-0.4, -0.2) is 19.5 Å². The van der Waals surface area contributed by atoms with E-state index >= 15 is 0 Å². The molecule has 0 saturated heterocycles. The van der Waals surface area contributed by atoms with Crippen molar-refractivity contribution in [3.63, 3.8) is 0 Å². The first kappa shape index (κ1) is 29.0. The van der Waals surface area contributed by atoms with Gasteiger partial charge in [0.2, 0.25) is 5.95 Å². The van der Waals surface area contributed by atoms with Crippen LogP contribution >= 0.6 is 0 Å². The van der Waals surface area contributed by atoms with Gasteiger partial charge in [-0.05, 0) is 68.1 Å². The van der Waals surface area contributed by atoms with E-state index in [4.69, 9.17) is 15.0 Å². The van der Waals surface area contributed by atoms with Gasteiger partial charge in [0, 0.05) is 21.9 Å². The Morgan fingerprint density at radius 1 is 0.314 bits per heavy atom. The Kier molecular flexibility index (Phi) is 6.78. The molecule has 0 spiro atoms. The molecule has 2 aromatic heterocycles. The number of fused-ring (bicyclic) bond motifs is 6. The van der Waals surface area contributed by atoms with E-state index in [9.17, 15) is 0 Å². The van der Waals surface area contributed by atoms with Crippen LogP contribution in [0.4, 0.5) is 0 Å². The Balaban J connectivity index is 1.25. The second-order valence-corrected chi connectivity index (χ2v) is 12.9. The lowest BCUT2D eigenvalue weighted by atomic mass is 10.0. The summed E-state index contributed by atoms with van der Waals surface area (Å²) < 4.78 is 2.22. The molecule has 0 bridgehead atoms. The van der Waals surface area contributed by atoms with Gasteiger partial charge < -0.3 is 0 Å². The third kappa shape index (κ3) is 5.04. The first-order valence-electron chi connectivity index (χ1n) is 17.2. The van der Waals surface area contributed by atoms with Gasteiger partial charge in [-0.3, -0.25) is 4.57 Å². The minimum absolute atomic E-state index is 0.581. The summed E-state index contributed by atoms with van der Waals surface area (Å²) in [6.45, 7) is 0. The van der Waals surface area contributed by atoms with Crippen LogP contribution in [0.2, 0.25) is 0 Å². The van der Waals surface area contributed by atoms with Crippen LogP contribution < -0.4 is 0 Å². The van der Waals surface area contributed by atoms with E-state index in [0.717, 1.165) is 38.9 Å². The summed E-state index contributed by atoms with van der Waals surface area (Å²) >= 11 is 0. The van der Waals surface area contributed by atoms with E-state index < -0.39 is 0 Å². The van der Waals surface area contributed by atoms with Gasteiger partial charge in [0.1, 0.15) is 0 Å². The highest BCUT2D eigenvalue weighted by molar-refractivity contribution is 6.23. The van der Waals surface area contributed by atoms with E-state index in [2.05, 4.69) is 174 Å². The molecule has 10 aromatic rings. The average Bonchev–Trinajstić information content (AvgIpc) is 3.54. The molecule has 0 unspecified atom stereocenters. The fourth-order valence-electron chi connectivity index (χ4n) is 7.32. The lowest BCUT2D eigenvalue weighted by molar-refractivity contribution is 0.954. The SMILES string of the molecule is c1ccc(-c2ccc(-c3nc(-c4cccc(-c5ccccc5)c4)nc(-n4c5cc6ccccc6cc5c5c6ccccc6ccc54)n3)cc2)cc1. The van der Waals surface area contributed by atoms with Crippen molar-refractivity contribution >= 4 is 43.4 Å². The van der Waals surface area contributed by atoms with Crippen LogP contribution in [0.25, 0.3) is 94.3 Å². The molecule has 2 heterocycles. The zero-order valence-electron chi connectivity index (χ0n) is 27.6. The molecule has 0 aliphatic carbocycles. The summed E-state index contributed by atoms with van der Waals surface area (Å²) in [6, 6.07) is 64.0. The summed E-state index contributed by atoms with van der Waals surface area (Å²) in [6.07, 6.45) is 0. The van der Waals surface area contributed by atoms with Crippen LogP contribution in [-0.2, 0) is 0 Å². The molecule has 8 aromatic carbocycles. The van der Waals surface area contributed by atoms with Gasteiger partial charge in [0.25, 0.3) is 0 Å². The Labute approximate surface area is 295 Å². The van der Waals surface area contributed by atoms with Gasteiger partial charge in [0.15, 0.2) is 11.6 Å². The predicted octanol–water partition coefficient (Wildman–Crippen LogP) is 11.9. The molecule has 4 nitrogen and oxygen atoms in total. The fraction of sp³-hybridized carbons (Fsp3) is 0. The summed E-state index contributed by atoms with van der Waals surface area (Å²) in [5.74, 6) is 1.82. The zero-order chi connectivity index (χ0) is 33.7. The molecular formula is C47H30N4. The molecular weight excluding hydrogens is 621 g/mol. The summed E-state index contributed by atoms with van der Waals surface area (Å²) in [7, 11) is 0. The van der Waals surface area contributed by atoms with Crippen LogP contribution in [0.3, 0.4) is 0 Å². The van der Waals surface area contributed by atoms with Gasteiger partial charge in [0.05, 0.1) is 11.0 Å². The van der Waals surface area contributed by atoms with Crippen molar-refractivity contribution in [2.24, 2.45) is 0 Å². The van der Waals surface area contributed by atoms with E-state index in [1.54, 1.807) is 0 Å². The first-order chi connectivity index (χ1) is 25.3. The molecule has 0 fully saturated rings. The number of aromatic nitrogens is 4. The molecule has 0 radical (unpaired) electrons. The van der Waals surface area contributed by atoms with Gasteiger partial charge in [-0.25, -0.2) is 4.98 Å². The van der Waals surface area contributed by atoms with Gasteiger partial charge >= 0.3 is 0 Å². The van der Waals surface area contributed by atoms with E-state index in [-0.39, 0.29) is 0 Å². The highest BCUT2D eigenvalue weighted by Crippen LogP contribution is 2.39. The molecule has 51 heavy (non-hydrogen) atoms. The number of rotatable bonds is 5. The molecule has 0 N–H and O–H groups in total. The Morgan fingerprint density at radius 2 is 0.863 bits per heavy atom. The quantitative estimate of drug-likeness (QED) is 0.186. The molecule has 10 rings (SSSR count). The number of hydrogen-bond acceptors (Lipinski definition) is 3. The fourth-order valence-corrected chi connectivity index (χ4v) is 7.32. The lowest BCUT2D eigenvalue weighted by Crippen LogP contribution is -2.06. The standard InChI is InChI=1S/C47H30N4/c1-3-12-31(13-4-1)33-22-24-35(25-23-33)45-48-46(39-20-11-19-36(28-39)32-14-5-2-6-15-32)50-47(49-45)51-42-27-26-34-16-9-10-21-40(34)44(42)41-29-37-17-7-8-18-38(37)30-43(41)51/h1-30H. The van der Waals surface area contributed by atoms with Crippen molar-refractivity contribution in [2.45, 2.75) is 0 Å². The van der Waals surface area contributed by atoms with Crippen molar-refractivity contribution in [3.8, 4) is 51.0 Å². The van der Waals surface area contributed by atoms with Gasteiger partial charge in [-0.15, -0.1) is 0 Å². The minimum atomic E-state index is 0.581. The van der Waals surface area contributed by atoms with E-state index in [1.807, 2.05) is 12.1 Å². The number of benzene rings is 8. The normalized spacial score (nSPS) is 11.5. The average molecular weight is 651 g/mol. The molecule has 0 saturated carbocycles. The second kappa shape index (κ2) is 11.9. The van der Waals surface area contributed by atoms with Crippen molar-refractivity contribution in [1.29, 1.82) is 0 Å². The topological polar surface area (TPSA) is 43.6 Å². The van der Waals surface area contributed by atoms with E-state index in [1.165, 1.54) is 37.9 Å². The Morgan fingerprint density at radius 3 is 1.61 bits per heavy atom. The highest BCUT2D eigenvalue weighted by Gasteiger charge is 2.20. The number of hydrogen-bond donors (Lipinski definition) is 0. The van der Waals surface area contributed by atoms with Crippen LogP contribution in [0.1, 0.15) is 0 Å². The smallest absolute Gasteiger partial charge is 0.238 e. The van der Waals surface area contributed by atoms with Crippen LogP contribution in [0, 0.1) is 0 Å². The highest BCUT2D eigenvalue weighted by atomic mass is 15.2. The zero-order valence-corrected chi connectivity index (χ0v) is 27.6. The molecule has 0 atom stereocenters. The summed E-state index contributed by atoms with van der Waals surface area (Å²) in [5, 5.41) is 7.13. The van der Waals surface area contributed by atoms with Crippen LogP contribution in [0.5, 0.6) is 0 Å².